The fourth-order valence-corrected chi connectivity index (χ4v) is 3.18. The number of aromatic nitrogens is 3. The number of benzene rings is 1. The van der Waals surface area contributed by atoms with Crippen molar-refractivity contribution in [2.24, 2.45) is 0 Å². The molecule has 5 nitrogen and oxygen atoms in total. The van der Waals surface area contributed by atoms with E-state index in [4.69, 9.17) is 4.74 Å². The minimum atomic E-state index is -0.282. The van der Waals surface area contributed by atoms with Crippen LogP contribution >= 0.6 is 43.6 Å². The molecule has 102 valence electrons. The molecule has 1 heterocycles. The highest BCUT2D eigenvalue weighted by Crippen LogP contribution is 2.27. The van der Waals surface area contributed by atoms with Gasteiger partial charge in [-0.1, -0.05) is 12.1 Å². The summed E-state index contributed by atoms with van der Waals surface area (Å²) in [7, 11) is 0. The normalized spacial score (nSPS) is 12.3. The van der Waals surface area contributed by atoms with Crippen LogP contribution in [-0.4, -0.2) is 25.9 Å². The predicted molar refractivity (Wildman–Crippen MR) is 82.9 cm³/mol. The third kappa shape index (κ3) is 4.70. The van der Waals surface area contributed by atoms with Gasteiger partial charge in [0.05, 0.1) is 10.2 Å². The summed E-state index contributed by atoms with van der Waals surface area (Å²) in [5.74, 6) is 2.78. The van der Waals surface area contributed by atoms with Gasteiger partial charge < -0.3 is 4.74 Å². The summed E-state index contributed by atoms with van der Waals surface area (Å²) in [5.41, 5.74) is -0.282. The summed E-state index contributed by atoms with van der Waals surface area (Å²) in [5, 5.41) is 6.05. The quantitative estimate of drug-likeness (QED) is 0.721. The first-order chi connectivity index (χ1) is 9.15. The van der Waals surface area contributed by atoms with Gasteiger partial charge in [0, 0.05) is 5.75 Å². The molecule has 2 rings (SSSR count). The highest BCUT2D eigenvalue weighted by atomic mass is 79.9. The zero-order valence-corrected chi connectivity index (χ0v) is 13.7. The molecule has 0 saturated heterocycles. The summed E-state index contributed by atoms with van der Waals surface area (Å²) < 4.78 is 6.65. The Bertz CT molecular complexity index is 587. The molecule has 2 aromatic rings. The maximum atomic E-state index is 10.8. The van der Waals surface area contributed by atoms with Gasteiger partial charge >= 0.3 is 5.69 Å². The van der Waals surface area contributed by atoms with Gasteiger partial charge in [0.2, 0.25) is 0 Å². The molecule has 8 heteroatoms. The molecule has 0 spiro atoms. The molecule has 0 aliphatic heterocycles. The van der Waals surface area contributed by atoms with Crippen molar-refractivity contribution in [3.63, 3.8) is 0 Å². The largest absolute Gasteiger partial charge is 0.477 e. The van der Waals surface area contributed by atoms with Crippen LogP contribution in [0, 0.1) is 0 Å². The zero-order chi connectivity index (χ0) is 13.7. The van der Waals surface area contributed by atoms with Crippen LogP contribution in [0.3, 0.4) is 0 Å². The van der Waals surface area contributed by atoms with E-state index < -0.39 is 0 Å². The Hall–Kier alpha value is -0.730. The number of alkyl halides is 1. The average molecular weight is 409 g/mol. The van der Waals surface area contributed by atoms with Crippen molar-refractivity contribution in [3.05, 3.63) is 45.0 Å². The van der Waals surface area contributed by atoms with E-state index in [1.807, 2.05) is 24.3 Å². The van der Waals surface area contributed by atoms with Crippen LogP contribution in [0.1, 0.15) is 5.82 Å². The third-order valence-electron chi connectivity index (χ3n) is 2.13. The standard InChI is InChI=1S/C11H11Br2N3O2S/c12-7-3-1-2-4-8(7)18-9(13)5-19-6-10-14-11(17)16-15-10/h1-4,9H,5-6H2,(H2,14,15,16,17). The van der Waals surface area contributed by atoms with Crippen molar-refractivity contribution < 1.29 is 4.74 Å². The molecule has 0 radical (unpaired) electrons. The lowest BCUT2D eigenvalue weighted by atomic mass is 10.3. The fraction of sp³-hybridized carbons (Fsp3) is 0.273. The van der Waals surface area contributed by atoms with Crippen molar-refractivity contribution in [2.75, 3.05) is 5.75 Å². The van der Waals surface area contributed by atoms with Gasteiger partial charge in [-0.25, -0.2) is 9.89 Å². The van der Waals surface area contributed by atoms with Crippen LogP contribution in [0.25, 0.3) is 0 Å². The van der Waals surface area contributed by atoms with Crippen molar-refractivity contribution in [2.45, 2.75) is 10.8 Å². The Morgan fingerprint density at radius 3 is 2.89 bits per heavy atom. The average Bonchev–Trinajstić information content (AvgIpc) is 2.78. The summed E-state index contributed by atoms with van der Waals surface area (Å²) in [6.45, 7) is 0. The number of aromatic amines is 2. The molecular formula is C11H11Br2N3O2S. The minimum Gasteiger partial charge on any atom is -0.477 e. The van der Waals surface area contributed by atoms with Gasteiger partial charge in [-0.3, -0.25) is 4.98 Å². The molecule has 0 amide bonds. The molecule has 0 aliphatic rings. The maximum absolute atomic E-state index is 10.8. The second kappa shape index (κ2) is 7.16. The number of rotatable bonds is 6. The van der Waals surface area contributed by atoms with Crippen molar-refractivity contribution in [3.8, 4) is 5.75 Å². The number of halogens is 2. The molecule has 0 aliphatic carbocycles. The summed E-state index contributed by atoms with van der Waals surface area (Å²) in [4.78, 5) is 13.4. The Morgan fingerprint density at radius 2 is 2.21 bits per heavy atom. The van der Waals surface area contributed by atoms with Crippen LogP contribution in [0.5, 0.6) is 5.75 Å². The summed E-state index contributed by atoms with van der Waals surface area (Å²) in [6, 6.07) is 7.68. The molecule has 19 heavy (non-hydrogen) atoms. The number of thioether (sulfide) groups is 1. The zero-order valence-electron chi connectivity index (χ0n) is 9.73. The highest BCUT2D eigenvalue weighted by molar-refractivity contribution is 9.10. The topological polar surface area (TPSA) is 70.8 Å². The second-order valence-electron chi connectivity index (χ2n) is 3.60. The number of H-pyrrole nitrogens is 2. The lowest BCUT2D eigenvalue weighted by Crippen LogP contribution is -2.11. The molecule has 1 aromatic heterocycles. The predicted octanol–water partition coefficient (Wildman–Crippen LogP) is 2.89. The first-order valence-corrected chi connectivity index (χ1v) is 8.28. The number of para-hydroxylation sites is 1. The van der Waals surface area contributed by atoms with E-state index in [1.165, 1.54) is 0 Å². The summed E-state index contributed by atoms with van der Waals surface area (Å²) >= 11 is 8.50. The Balaban J connectivity index is 1.77. The van der Waals surface area contributed by atoms with Gasteiger partial charge in [0.15, 0.2) is 5.01 Å². The lowest BCUT2D eigenvalue weighted by Gasteiger charge is -2.13. The van der Waals surface area contributed by atoms with E-state index in [0.29, 0.717) is 11.6 Å². The van der Waals surface area contributed by atoms with Crippen molar-refractivity contribution in [1.82, 2.24) is 15.2 Å². The minimum absolute atomic E-state index is 0.109. The number of nitrogens with one attached hydrogen (secondary N) is 2. The van der Waals surface area contributed by atoms with Gasteiger partial charge in [0.25, 0.3) is 0 Å². The highest BCUT2D eigenvalue weighted by Gasteiger charge is 2.09. The smallest absolute Gasteiger partial charge is 0.340 e. The first kappa shape index (κ1) is 14.7. The number of nitrogens with zero attached hydrogens (tertiary/aromatic N) is 1. The number of hydrogen-bond donors (Lipinski definition) is 2. The second-order valence-corrected chi connectivity index (χ2v) is 6.50. The van der Waals surface area contributed by atoms with Crippen LogP contribution in [0.4, 0.5) is 0 Å². The van der Waals surface area contributed by atoms with Gasteiger partial charge in [-0.2, -0.15) is 5.10 Å². The first-order valence-electron chi connectivity index (χ1n) is 5.41. The lowest BCUT2D eigenvalue weighted by molar-refractivity contribution is 0.316. The molecule has 0 saturated carbocycles. The van der Waals surface area contributed by atoms with Crippen LogP contribution < -0.4 is 10.4 Å². The van der Waals surface area contributed by atoms with Crippen molar-refractivity contribution in [1.29, 1.82) is 0 Å². The Morgan fingerprint density at radius 1 is 1.42 bits per heavy atom. The van der Waals surface area contributed by atoms with E-state index in [1.54, 1.807) is 11.8 Å². The molecule has 1 unspecified atom stereocenters. The van der Waals surface area contributed by atoms with Crippen molar-refractivity contribution >= 4 is 43.6 Å². The number of hydrogen-bond acceptors (Lipinski definition) is 4. The van der Waals surface area contributed by atoms with E-state index in [0.717, 1.165) is 16.0 Å². The van der Waals surface area contributed by atoms with Gasteiger partial charge in [0.1, 0.15) is 11.6 Å². The Labute approximate surface area is 130 Å². The van der Waals surface area contributed by atoms with E-state index >= 15 is 0 Å². The van der Waals surface area contributed by atoms with Crippen LogP contribution in [0.2, 0.25) is 0 Å². The monoisotopic (exact) mass is 407 g/mol. The van der Waals surface area contributed by atoms with Gasteiger partial charge in [-0.05, 0) is 44.0 Å². The van der Waals surface area contributed by atoms with Crippen LogP contribution in [-0.2, 0) is 5.75 Å². The SMILES string of the molecule is O=c1[nH]nc(CSCC(Br)Oc2ccccc2Br)[nH]1. The molecule has 0 bridgehead atoms. The summed E-state index contributed by atoms with van der Waals surface area (Å²) in [6.07, 6.45) is 0. The fourth-order valence-electron chi connectivity index (χ4n) is 1.33. The van der Waals surface area contributed by atoms with E-state index in [-0.39, 0.29) is 10.7 Å². The molecule has 0 fully saturated rings. The van der Waals surface area contributed by atoms with Gasteiger partial charge in [-0.15, -0.1) is 11.8 Å². The molecule has 2 N–H and O–H groups in total. The van der Waals surface area contributed by atoms with E-state index in [2.05, 4.69) is 47.0 Å². The molecule has 1 atom stereocenters. The number of ether oxygens (including phenoxy) is 1. The third-order valence-corrected chi connectivity index (χ3v) is 4.74. The molecule has 1 aromatic carbocycles. The molecular weight excluding hydrogens is 398 g/mol. The van der Waals surface area contributed by atoms with Crippen LogP contribution in [0.15, 0.2) is 33.5 Å². The maximum Gasteiger partial charge on any atom is 0.340 e. The Kier molecular flexibility index (Phi) is 5.53. The van der Waals surface area contributed by atoms with E-state index in [9.17, 15) is 4.79 Å².